The van der Waals surface area contributed by atoms with E-state index >= 15 is 0 Å². The third-order valence-electron chi connectivity index (χ3n) is 6.41. The number of nitrogens with one attached hydrogen (secondary N) is 1. The first-order valence-electron chi connectivity index (χ1n) is 10.5. The van der Waals surface area contributed by atoms with E-state index in [1.807, 2.05) is 25.3 Å². The van der Waals surface area contributed by atoms with E-state index in [1.54, 1.807) is 48.2 Å². The summed E-state index contributed by atoms with van der Waals surface area (Å²) in [5.74, 6) is 1.32. The number of nitrogens with zero attached hydrogens (tertiary/aromatic N) is 1. The summed E-state index contributed by atoms with van der Waals surface area (Å²) in [6, 6.07) is 14.1. The van der Waals surface area contributed by atoms with E-state index < -0.39 is 10.0 Å². The van der Waals surface area contributed by atoms with Gasteiger partial charge in [0.1, 0.15) is 0 Å². The van der Waals surface area contributed by atoms with Gasteiger partial charge in [0.25, 0.3) is 15.9 Å². The number of carbonyl (C=O) groups excluding carboxylic acids is 1. The van der Waals surface area contributed by atoms with Crippen molar-refractivity contribution in [2.75, 3.05) is 17.1 Å². The van der Waals surface area contributed by atoms with E-state index in [4.69, 9.17) is 0 Å². The molecule has 5 nitrogen and oxygen atoms in total. The standard InChI is InChI=1S/C23H28N2O3S2/c1-3-25(30(27,28)21-12-10-20(29-2)11-13-21)19-8-6-17(7-9-19)23(26)24-22-15-16-4-5-18(22)14-16/h6-13,16,18,22H,3-5,14-15H2,1-2H3,(H,24,26)/t16-,18-,22+/m0/s1. The second kappa shape index (κ2) is 8.63. The highest BCUT2D eigenvalue weighted by atomic mass is 32.2. The zero-order chi connectivity index (χ0) is 21.3. The van der Waals surface area contributed by atoms with Gasteiger partial charge in [0.05, 0.1) is 10.6 Å². The average Bonchev–Trinajstić information content (AvgIpc) is 3.38. The quantitative estimate of drug-likeness (QED) is 0.637. The second-order valence-corrected chi connectivity index (χ2v) is 10.9. The highest BCUT2D eigenvalue weighted by molar-refractivity contribution is 7.98. The maximum Gasteiger partial charge on any atom is 0.264 e. The van der Waals surface area contributed by atoms with Crippen molar-refractivity contribution < 1.29 is 13.2 Å². The van der Waals surface area contributed by atoms with E-state index in [0.29, 0.717) is 23.7 Å². The predicted molar refractivity (Wildman–Crippen MR) is 122 cm³/mol. The molecule has 2 aliphatic rings. The molecule has 0 radical (unpaired) electrons. The fraction of sp³-hybridized carbons (Fsp3) is 0.435. The maximum atomic E-state index is 13.1. The molecule has 2 aliphatic carbocycles. The molecule has 2 aromatic rings. The lowest BCUT2D eigenvalue weighted by Crippen LogP contribution is -2.38. The van der Waals surface area contributed by atoms with Crippen LogP contribution in [0.1, 0.15) is 43.0 Å². The Labute approximate surface area is 183 Å². The highest BCUT2D eigenvalue weighted by Crippen LogP contribution is 2.44. The van der Waals surface area contributed by atoms with E-state index in [2.05, 4.69) is 5.32 Å². The van der Waals surface area contributed by atoms with Gasteiger partial charge in [0.15, 0.2) is 0 Å². The fourth-order valence-corrected chi connectivity index (χ4v) is 6.70. The monoisotopic (exact) mass is 444 g/mol. The summed E-state index contributed by atoms with van der Waals surface area (Å²) in [4.78, 5) is 13.9. The number of thioether (sulfide) groups is 1. The molecule has 3 atom stereocenters. The number of anilines is 1. The molecule has 2 aromatic carbocycles. The van der Waals surface area contributed by atoms with Crippen molar-refractivity contribution in [3.05, 3.63) is 54.1 Å². The second-order valence-electron chi connectivity index (χ2n) is 8.15. The number of sulfonamides is 1. The molecule has 0 aliphatic heterocycles. The Morgan fingerprint density at radius 2 is 1.77 bits per heavy atom. The van der Waals surface area contributed by atoms with Crippen LogP contribution in [0.2, 0.25) is 0 Å². The zero-order valence-electron chi connectivity index (χ0n) is 17.4. The molecular formula is C23H28N2O3S2. The van der Waals surface area contributed by atoms with Crippen LogP contribution in [-0.2, 0) is 10.0 Å². The fourth-order valence-electron chi connectivity index (χ4n) is 4.82. The minimum atomic E-state index is -3.66. The van der Waals surface area contributed by atoms with E-state index in [0.717, 1.165) is 17.2 Å². The zero-order valence-corrected chi connectivity index (χ0v) is 19.0. The molecule has 30 heavy (non-hydrogen) atoms. The highest BCUT2D eigenvalue weighted by Gasteiger charge is 2.40. The number of carbonyl (C=O) groups is 1. The number of rotatable bonds is 7. The van der Waals surface area contributed by atoms with Crippen molar-refractivity contribution in [2.45, 2.75) is 48.4 Å². The van der Waals surface area contributed by atoms with Gasteiger partial charge >= 0.3 is 0 Å². The summed E-state index contributed by atoms with van der Waals surface area (Å²) in [6.45, 7) is 2.12. The topological polar surface area (TPSA) is 66.5 Å². The van der Waals surface area contributed by atoms with Crippen molar-refractivity contribution in [1.82, 2.24) is 5.32 Å². The molecule has 2 fully saturated rings. The van der Waals surface area contributed by atoms with Crippen LogP contribution in [0.15, 0.2) is 58.3 Å². The third kappa shape index (κ3) is 4.10. The molecule has 0 saturated heterocycles. The van der Waals surface area contributed by atoms with E-state index in [9.17, 15) is 13.2 Å². The molecule has 0 unspecified atom stereocenters. The van der Waals surface area contributed by atoms with Crippen molar-refractivity contribution in [2.24, 2.45) is 11.8 Å². The van der Waals surface area contributed by atoms with Gasteiger partial charge in [-0.3, -0.25) is 9.10 Å². The lowest BCUT2D eigenvalue weighted by molar-refractivity contribution is 0.0923. The third-order valence-corrected chi connectivity index (χ3v) is 9.07. The van der Waals surface area contributed by atoms with Crippen LogP contribution in [0.25, 0.3) is 0 Å². The Morgan fingerprint density at radius 1 is 1.07 bits per heavy atom. The smallest absolute Gasteiger partial charge is 0.264 e. The molecule has 4 rings (SSSR count). The maximum absolute atomic E-state index is 13.1. The summed E-state index contributed by atoms with van der Waals surface area (Å²) >= 11 is 1.57. The van der Waals surface area contributed by atoms with Gasteiger partial charge in [-0.1, -0.05) is 6.42 Å². The molecule has 0 aromatic heterocycles. The molecule has 1 N–H and O–H groups in total. The Balaban J connectivity index is 1.49. The summed E-state index contributed by atoms with van der Waals surface area (Å²) in [7, 11) is -3.66. The van der Waals surface area contributed by atoms with E-state index in [1.165, 1.54) is 23.6 Å². The van der Waals surface area contributed by atoms with Crippen LogP contribution >= 0.6 is 11.8 Å². The van der Waals surface area contributed by atoms with Gasteiger partial charge in [0.2, 0.25) is 0 Å². The number of fused-ring (bicyclic) bond motifs is 2. The van der Waals surface area contributed by atoms with Crippen LogP contribution in [0.3, 0.4) is 0 Å². The number of amides is 1. The minimum absolute atomic E-state index is 0.0716. The number of hydrogen-bond acceptors (Lipinski definition) is 4. The Morgan fingerprint density at radius 3 is 2.30 bits per heavy atom. The van der Waals surface area contributed by atoms with Crippen LogP contribution in [0.5, 0.6) is 0 Å². The van der Waals surface area contributed by atoms with Gasteiger partial charge < -0.3 is 5.32 Å². The normalized spacial score (nSPS) is 22.8. The first-order valence-corrected chi connectivity index (χ1v) is 13.2. The van der Waals surface area contributed by atoms with Crippen molar-refractivity contribution in [3.8, 4) is 0 Å². The van der Waals surface area contributed by atoms with Crippen molar-refractivity contribution in [3.63, 3.8) is 0 Å². The molecule has 1 amide bonds. The van der Waals surface area contributed by atoms with Gasteiger partial charge in [0, 0.05) is 23.0 Å². The SMILES string of the molecule is CCN(c1ccc(C(=O)N[C@@H]2C[C@H]3CC[C@H]2C3)cc1)S(=O)(=O)c1ccc(SC)cc1. The Kier molecular flexibility index (Phi) is 6.11. The molecule has 2 saturated carbocycles. The van der Waals surface area contributed by atoms with Crippen LogP contribution in [0, 0.1) is 11.8 Å². The lowest BCUT2D eigenvalue weighted by atomic mass is 9.95. The summed E-state index contributed by atoms with van der Waals surface area (Å²) < 4.78 is 27.6. The van der Waals surface area contributed by atoms with E-state index in [-0.39, 0.29) is 16.8 Å². The molecule has 7 heteroatoms. The van der Waals surface area contributed by atoms with Crippen molar-refractivity contribution >= 4 is 33.4 Å². The molecule has 160 valence electrons. The number of benzene rings is 2. The molecule has 0 heterocycles. The molecular weight excluding hydrogens is 416 g/mol. The first kappa shape index (κ1) is 21.2. The van der Waals surface area contributed by atoms with Crippen LogP contribution in [0.4, 0.5) is 5.69 Å². The summed E-state index contributed by atoms with van der Waals surface area (Å²) in [5, 5.41) is 3.18. The van der Waals surface area contributed by atoms with Crippen LogP contribution in [-0.4, -0.2) is 33.2 Å². The first-order chi connectivity index (χ1) is 14.4. The minimum Gasteiger partial charge on any atom is -0.349 e. The van der Waals surface area contributed by atoms with Gasteiger partial charge in [-0.05, 0) is 92.8 Å². The van der Waals surface area contributed by atoms with Gasteiger partial charge in [-0.25, -0.2) is 8.42 Å². The molecule has 2 bridgehead atoms. The Bertz CT molecular complexity index is 1000. The lowest BCUT2D eigenvalue weighted by Gasteiger charge is -2.24. The predicted octanol–water partition coefficient (Wildman–Crippen LogP) is 4.54. The van der Waals surface area contributed by atoms with Gasteiger partial charge in [-0.2, -0.15) is 0 Å². The van der Waals surface area contributed by atoms with Crippen molar-refractivity contribution in [1.29, 1.82) is 0 Å². The molecule has 0 spiro atoms. The Hall–Kier alpha value is -1.99. The average molecular weight is 445 g/mol. The largest absolute Gasteiger partial charge is 0.349 e. The summed E-state index contributed by atoms with van der Waals surface area (Å²) in [5.41, 5.74) is 1.13. The summed E-state index contributed by atoms with van der Waals surface area (Å²) in [6.07, 6.45) is 6.80. The van der Waals surface area contributed by atoms with Gasteiger partial charge in [-0.15, -0.1) is 11.8 Å². The van der Waals surface area contributed by atoms with Crippen LogP contribution < -0.4 is 9.62 Å². The number of hydrogen-bond donors (Lipinski definition) is 1.